The number of aliphatic hydroxyl groups is 1. The van der Waals surface area contributed by atoms with Crippen LogP contribution < -0.4 is 4.74 Å². The number of alkyl halides is 2. The third kappa shape index (κ3) is 2.19. The van der Waals surface area contributed by atoms with Gasteiger partial charge in [-0.1, -0.05) is 0 Å². The molecule has 0 aliphatic carbocycles. The average Bonchev–Trinajstić information content (AvgIpc) is 2.26. The fourth-order valence-corrected chi connectivity index (χ4v) is 1.15. The van der Waals surface area contributed by atoms with Crippen LogP contribution in [-0.2, 0) is 6.61 Å². The highest BCUT2D eigenvalue weighted by molar-refractivity contribution is 5.40. The van der Waals surface area contributed by atoms with Crippen molar-refractivity contribution in [2.24, 2.45) is 0 Å². The Bertz CT molecular complexity index is 402. The quantitative estimate of drug-likeness (QED) is 0.825. The highest BCUT2D eigenvalue weighted by atomic mass is 19.3. The van der Waals surface area contributed by atoms with E-state index in [4.69, 9.17) is 15.1 Å². The van der Waals surface area contributed by atoms with Crippen LogP contribution in [0.2, 0.25) is 0 Å². The minimum absolute atomic E-state index is 0.0912. The van der Waals surface area contributed by atoms with Gasteiger partial charge in [0.2, 0.25) is 5.88 Å². The molecule has 6 heteroatoms. The van der Waals surface area contributed by atoms with E-state index < -0.39 is 18.6 Å². The summed E-state index contributed by atoms with van der Waals surface area (Å²) in [5, 5.41) is 17.5. The molecule has 0 aliphatic rings. The second kappa shape index (κ2) is 4.66. The van der Waals surface area contributed by atoms with Crippen molar-refractivity contribution in [3.05, 3.63) is 22.9 Å². The van der Waals surface area contributed by atoms with Crippen molar-refractivity contribution in [2.75, 3.05) is 7.11 Å². The molecule has 0 saturated carbocycles. The lowest BCUT2D eigenvalue weighted by atomic mass is 10.1. The normalized spacial score (nSPS) is 10.1. The minimum Gasteiger partial charge on any atom is -0.481 e. The second-order valence-corrected chi connectivity index (χ2v) is 2.66. The first-order valence-corrected chi connectivity index (χ1v) is 4.01. The average molecular weight is 214 g/mol. The molecule has 0 spiro atoms. The van der Waals surface area contributed by atoms with Gasteiger partial charge in [0.25, 0.3) is 6.43 Å². The number of halogens is 2. The van der Waals surface area contributed by atoms with Crippen LogP contribution in [0.25, 0.3) is 0 Å². The first-order chi connectivity index (χ1) is 7.13. The summed E-state index contributed by atoms with van der Waals surface area (Å²) in [6, 6.07) is 2.59. The monoisotopic (exact) mass is 214 g/mol. The summed E-state index contributed by atoms with van der Waals surface area (Å²) >= 11 is 0. The standard InChI is InChI=1S/C9H8F2N2O2/c1-15-9-7(4-14)6(8(10)11)2-5(3-12)13-9/h2,8,14H,4H2,1H3. The highest BCUT2D eigenvalue weighted by Crippen LogP contribution is 2.29. The lowest BCUT2D eigenvalue weighted by molar-refractivity contribution is 0.146. The second-order valence-electron chi connectivity index (χ2n) is 2.66. The molecule has 80 valence electrons. The van der Waals surface area contributed by atoms with Crippen molar-refractivity contribution >= 4 is 0 Å². The van der Waals surface area contributed by atoms with Gasteiger partial charge in [0.05, 0.1) is 13.7 Å². The van der Waals surface area contributed by atoms with E-state index in [0.29, 0.717) is 0 Å². The van der Waals surface area contributed by atoms with Gasteiger partial charge < -0.3 is 9.84 Å². The summed E-state index contributed by atoms with van der Waals surface area (Å²) in [4.78, 5) is 3.65. The summed E-state index contributed by atoms with van der Waals surface area (Å²) in [5.74, 6) is -0.146. The van der Waals surface area contributed by atoms with E-state index in [2.05, 4.69) is 4.98 Å². The molecule has 1 heterocycles. The van der Waals surface area contributed by atoms with Gasteiger partial charge in [-0.25, -0.2) is 13.8 Å². The molecule has 0 aliphatic heterocycles. The number of methoxy groups -OCH3 is 1. The Morgan fingerprint density at radius 2 is 2.33 bits per heavy atom. The topological polar surface area (TPSA) is 66.1 Å². The molecule has 1 aromatic rings. The van der Waals surface area contributed by atoms with E-state index in [1.807, 2.05) is 0 Å². The first-order valence-electron chi connectivity index (χ1n) is 4.01. The zero-order valence-corrected chi connectivity index (χ0v) is 7.87. The van der Waals surface area contributed by atoms with Crippen LogP contribution in [0, 0.1) is 11.3 Å². The first kappa shape index (κ1) is 11.3. The number of nitrogens with zero attached hydrogens (tertiary/aromatic N) is 2. The number of nitriles is 1. The van der Waals surface area contributed by atoms with Crippen LogP contribution in [0.4, 0.5) is 8.78 Å². The molecule has 0 radical (unpaired) electrons. The van der Waals surface area contributed by atoms with Crippen molar-refractivity contribution in [2.45, 2.75) is 13.0 Å². The molecule has 1 rings (SSSR count). The number of rotatable bonds is 3. The lowest BCUT2D eigenvalue weighted by Crippen LogP contribution is -2.03. The van der Waals surface area contributed by atoms with Gasteiger partial charge in [0, 0.05) is 11.1 Å². The third-order valence-corrected chi connectivity index (χ3v) is 1.82. The lowest BCUT2D eigenvalue weighted by Gasteiger charge is -2.10. The summed E-state index contributed by atoms with van der Waals surface area (Å²) in [5.41, 5.74) is -0.688. The highest BCUT2D eigenvalue weighted by Gasteiger charge is 2.19. The van der Waals surface area contributed by atoms with Gasteiger partial charge in [0.1, 0.15) is 11.8 Å². The third-order valence-electron chi connectivity index (χ3n) is 1.82. The van der Waals surface area contributed by atoms with Crippen molar-refractivity contribution < 1.29 is 18.6 Å². The molecular formula is C9H8F2N2O2. The van der Waals surface area contributed by atoms with Gasteiger partial charge in [-0.2, -0.15) is 5.26 Å². The predicted octanol–water partition coefficient (Wildman–Crippen LogP) is 1.39. The van der Waals surface area contributed by atoms with Gasteiger partial charge in [0.15, 0.2) is 0 Å². The molecular weight excluding hydrogens is 206 g/mol. The van der Waals surface area contributed by atoms with Crippen LogP contribution in [-0.4, -0.2) is 17.2 Å². The van der Waals surface area contributed by atoms with E-state index in [1.165, 1.54) is 7.11 Å². The largest absolute Gasteiger partial charge is 0.481 e. The number of hydrogen-bond acceptors (Lipinski definition) is 4. The molecule has 15 heavy (non-hydrogen) atoms. The predicted molar refractivity (Wildman–Crippen MR) is 46.4 cm³/mol. The van der Waals surface area contributed by atoms with E-state index in [0.717, 1.165) is 6.07 Å². The van der Waals surface area contributed by atoms with Gasteiger partial charge >= 0.3 is 0 Å². The molecule has 0 atom stereocenters. The number of aliphatic hydroxyl groups excluding tert-OH is 1. The summed E-state index contributed by atoms with van der Waals surface area (Å²) in [6.45, 7) is -0.610. The van der Waals surface area contributed by atoms with E-state index in [-0.39, 0.29) is 17.1 Å². The van der Waals surface area contributed by atoms with Crippen molar-refractivity contribution in [3.8, 4) is 11.9 Å². The fourth-order valence-electron chi connectivity index (χ4n) is 1.15. The minimum atomic E-state index is -2.78. The molecule has 0 saturated heterocycles. The zero-order chi connectivity index (χ0) is 11.4. The summed E-state index contributed by atoms with van der Waals surface area (Å²) in [6.07, 6.45) is -2.78. The van der Waals surface area contributed by atoms with Crippen LogP contribution >= 0.6 is 0 Å². The molecule has 0 unspecified atom stereocenters. The SMILES string of the molecule is COc1nc(C#N)cc(C(F)F)c1CO. The molecule has 0 aromatic carbocycles. The maximum absolute atomic E-state index is 12.5. The Labute approximate surface area is 84.7 Å². The Balaban J connectivity index is 3.40. The molecule has 4 nitrogen and oxygen atoms in total. The van der Waals surface area contributed by atoms with E-state index >= 15 is 0 Å². The fraction of sp³-hybridized carbons (Fsp3) is 0.333. The number of pyridine rings is 1. The molecule has 0 fully saturated rings. The Morgan fingerprint density at radius 3 is 2.73 bits per heavy atom. The molecule has 0 bridgehead atoms. The van der Waals surface area contributed by atoms with Crippen molar-refractivity contribution in [1.82, 2.24) is 4.98 Å². The maximum Gasteiger partial charge on any atom is 0.264 e. The van der Waals surface area contributed by atoms with E-state index in [9.17, 15) is 8.78 Å². The van der Waals surface area contributed by atoms with Crippen molar-refractivity contribution in [1.29, 1.82) is 5.26 Å². The molecule has 1 aromatic heterocycles. The number of ether oxygens (including phenoxy) is 1. The smallest absolute Gasteiger partial charge is 0.264 e. The number of hydrogen-bond donors (Lipinski definition) is 1. The van der Waals surface area contributed by atoms with Gasteiger partial charge in [-0.15, -0.1) is 0 Å². The van der Waals surface area contributed by atoms with Crippen LogP contribution in [0.3, 0.4) is 0 Å². The van der Waals surface area contributed by atoms with Crippen molar-refractivity contribution in [3.63, 3.8) is 0 Å². The Kier molecular flexibility index (Phi) is 3.52. The van der Waals surface area contributed by atoms with E-state index in [1.54, 1.807) is 6.07 Å². The molecule has 1 N–H and O–H groups in total. The zero-order valence-electron chi connectivity index (χ0n) is 7.87. The van der Waals surface area contributed by atoms with Crippen LogP contribution in [0.5, 0.6) is 5.88 Å². The van der Waals surface area contributed by atoms with Crippen LogP contribution in [0.15, 0.2) is 6.07 Å². The van der Waals surface area contributed by atoms with Crippen LogP contribution in [0.1, 0.15) is 23.2 Å². The molecule has 0 amide bonds. The van der Waals surface area contributed by atoms with Gasteiger partial charge in [-0.05, 0) is 6.07 Å². The summed E-state index contributed by atoms with van der Waals surface area (Å²) in [7, 11) is 1.23. The Hall–Kier alpha value is -1.74. The van der Waals surface area contributed by atoms with Gasteiger partial charge in [-0.3, -0.25) is 0 Å². The summed E-state index contributed by atoms with van der Waals surface area (Å²) < 4.78 is 29.8. The maximum atomic E-state index is 12.5. The number of aromatic nitrogens is 1. The Morgan fingerprint density at radius 1 is 1.67 bits per heavy atom.